The van der Waals surface area contributed by atoms with Crippen LogP contribution in [0.2, 0.25) is 0 Å². The number of aryl methyl sites for hydroxylation is 2. The second kappa shape index (κ2) is 9.77. The number of hydrogen-bond donors (Lipinski definition) is 0. The van der Waals surface area contributed by atoms with Gasteiger partial charge >= 0.3 is 0 Å². The van der Waals surface area contributed by atoms with Crippen LogP contribution < -0.4 is 4.90 Å². The van der Waals surface area contributed by atoms with Crippen molar-refractivity contribution in [3.05, 3.63) is 82.9 Å². The Bertz CT molecular complexity index is 1180. The fraction of sp³-hybridized carbons (Fsp3) is 0.240. The van der Waals surface area contributed by atoms with Gasteiger partial charge in [0.25, 0.3) is 0 Å². The van der Waals surface area contributed by atoms with E-state index < -0.39 is 17.7 Å². The Labute approximate surface area is 184 Å². The Morgan fingerprint density at radius 1 is 0.969 bits per heavy atom. The fourth-order valence-corrected chi connectivity index (χ4v) is 3.50. The van der Waals surface area contributed by atoms with Crippen molar-refractivity contribution in [2.75, 3.05) is 11.9 Å². The molecule has 0 aliphatic heterocycles. The lowest BCUT2D eigenvalue weighted by Crippen LogP contribution is -2.25. The standard InChI is InChI=1S/C25H23F3N2O2/c1-4-24(32)30(3)21-10-6-18(14-20(21)26)17-5-9-19(15(2)13-17)22(31)11-7-16-8-12-23(27)29-25(16)28/h5-6,8-10,12-14H,4,7,11H2,1-3H3. The highest BCUT2D eigenvalue weighted by atomic mass is 19.1. The molecule has 166 valence electrons. The number of benzene rings is 2. The summed E-state index contributed by atoms with van der Waals surface area (Å²) in [7, 11) is 1.53. The van der Waals surface area contributed by atoms with Crippen LogP contribution in [0.15, 0.2) is 48.5 Å². The second-order valence-corrected chi connectivity index (χ2v) is 7.51. The summed E-state index contributed by atoms with van der Waals surface area (Å²) in [5, 5.41) is 0. The van der Waals surface area contributed by atoms with E-state index in [1.165, 1.54) is 24.1 Å². The first-order chi connectivity index (χ1) is 15.2. The molecule has 0 bridgehead atoms. The van der Waals surface area contributed by atoms with Gasteiger partial charge in [0, 0.05) is 31.0 Å². The molecular formula is C25H23F3N2O2. The number of amides is 1. The third-order valence-corrected chi connectivity index (χ3v) is 5.36. The van der Waals surface area contributed by atoms with Gasteiger partial charge in [0.15, 0.2) is 5.78 Å². The number of aromatic nitrogens is 1. The summed E-state index contributed by atoms with van der Waals surface area (Å²) in [6.45, 7) is 3.49. The van der Waals surface area contributed by atoms with E-state index in [0.29, 0.717) is 16.7 Å². The zero-order chi connectivity index (χ0) is 23.4. The third-order valence-electron chi connectivity index (χ3n) is 5.36. The van der Waals surface area contributed by atoms with E-state index in [0.717, 1.165) is 11.6 Å². The average molecular weight is 440 g/mol. The molecule has 0 fully saturated rings. The van der Waals surface area contributed by atoms with E-state index in [-0.39, 0.29) is 42.2 Å². The quantitative estimate of drug-likeness (QED) is 0.352. The number of carbonyl (C=O) groups excluding carboxylic acids is 2. The van der Waals surface area contributed by atoms with Gasteiger partial charge in [-0.2, -0.15) is 13.8 Å². The van der Waals surface area contributed by atoms with E-state index in [9.17, 15) is 22.8 Å². The van der Waals surface area contributed by atoms with E-state index >= 15 is 0 Å². The molecule has 3 rings (SSSR count). The van der Waals surface area contributed by atoms with E-state index in [1.807, 2.05) is 0 Å². The summed E-state index contributed by atoms with van der Waals surface area (Å²) in [5.41, 5.74) is 2.90. The van der Waals surface area contributed by atoms with Crippen LogP contribution in [0, 0.1) is 24.6 Å². The summed E-state index contributed by atoms with van der Waals surface area (Å²) in [4.78, 5) is 28.9. The van der Waals surface area contributed by atoms with Crippen molar-refractivity contribution >= 4 is 17.4 Å². The number of rotatable bonds is 7. The number of hydrogen-bond acceptors (Lipinski definition) is 3. The van der Waals surface area contributed by atoms with Gasteiger partial charge in [0.2, 0.25) is 17.8 Å². The van der Waals surface area contributed by atoms with Crippen LogP contribution in [0.5, 0.6) is 0 Å². The minimum atomic E-state index is -0.915. The van der Waals surface area contributed by atoms with Gasteiger partial charge < -0.3 is 4.90 Å². The van der Waals surface area contributed by atoms with Crippen LogP contribution in [0.3, 0.4) is 0 Å². The summed E-state index contributed by atoms with van der Waals surface area (Å²) >= 11 is 0. The van der Waals surface area contributed by atoms with Crippen molar-refractivity contribution in [3.63, 3.8) is 0 Å². The van der Waals surface area contributed by atoms with Gasteiger partial charge in [0.05, 0.1) is 5.69 Å². The highest BCUT2D eigenvalue weighted by Crippen LogP contribution is 2.28. The highest BCUT2D eigenvalue weighted by Gasteiger charge is 2.16. The third kappa shape index (κ3) is 5.04. The molecule has 0 saturated carbocycles. The number of nitrogens with zero attached hydrogens (tertiary/aromatic N) is 2. The molecule has 0 aliphatic carbocycles. The van der Waals surface area contributed by atoms with Crippen molar-refractivity contribution < 1.29 is 22.8 Å². The maximum absolute atomic E-state index is 14.6. The summed E-state index contributed by atoms with van der Waals surface area (Å²) < 4.78 is 41.2. The minimum absolute atomic E-state index is 0.0472. The Kier molecular flexibility index (Phi) is 7.08. The van der Waals surface area contributed by atoms with Crippen LogP contribution in [0.4, 0.5) is 18.9 Å². The van der Waals surface area contributed by atoms with Crippen molar-refractivity contribution in [2.24, 2.45) is 0 Å². The Morgan fingerprint density at radius 3 is 2.28 bits per heavy atom. The summed E-state index contributed by atoms with van der Waals surface area (Å²) in [6, 6.07) is 12.1. The topological polar surface area (TPSA) is 50.3 Å². The zero-order valence-corrected chi connectivity index (χ0v) is 18.1. The molecule has 1 heterocycles. The Balaban J connectivity index is 1.76. The van der Waals surface area contributed by atoms with Gasteiger partial charge in [-0.1, -0.05) is 31.2 Å². The monoisotopic (exact) mass is 440 g/mol. The minimum Gasteiger partial charge on any atom is -0.313 e. The lowest BCUT2D eigenvalue weighted by molar-refractivity contribution is -0.118. The lowest BCUT2D eigenvalue weighted by atomic mass is 9.95. The normalized spacial score (nSPS) is 10.8. The molecule has 7 heteroatoms. The van der Waals surface area contributed by atoms with Crippen LogP contribution in [-0.2, 0) is 11.2 Å². The molecule has 2 aromatic carbocycles. The zero-order valence-electron chi connectivity index (χ0n) is 18.1. The number of carbonyl (C=O) groups is 2. The van der Waals surface area contributed by atoms with Crippen LogP contribution in [0.1, 0.15) is 41.3 Å². The molecule has 0 N–H and O–H groups in total. The van der Waals surface area contributed by atoms with Crippen LogP contribution in [0.25, 0.3) is 11.1 Å². The first kappa shape index (κ1) is 23.2. The summed E-state index contributed by atoms with van der Waals surface area (Å²) in [5.74, 6) is -2.70. The second-order valence-electron chi connectivity index (χ2n) is 7.51. The van der Waals surface area contributed by atoms with E-state index in [1.54, 1.807) is 44.2 Å². The Hall–Kier alpha value is -3.48. The number of ketones is 1. The van der Waals surface area contributed by atoms with Gasteiger partial charge in [-0.05, 0) is 54.3 Å². The first-order valence-electron chi connectivity index (χ1n) is 10.2. The van der Waals surface area contributed by atoms with Crippen molar-refractivity contribution in [3.8, 4) is 11.1 Å². The number of halogens is 3. The molecule has 1 amide bonds. The maximum Gasteiger partial charge on any atom is 0.226 e. The number of pyridine rings is 1. The van der Waals surface area contributed by atoms with E-state index in [4.69, 9.17) is 0 Å². The average Bonchev–Trinajstić information content (AvgIpc) is 2.77. The smallest absolute Gasteiger partial charge is 0.226 e. The molecule has 32 heavy (non-hydrogen) atoms. The molecule has 4 nitrogen and oxygen atoms in total. The molecule has 0 atom stereocenters. The SMILES string of the molecule is CCC(=O)N(C)c1ccc(-c2ccc(C(=O)CCc3ccc(F)nc3F)c(C)c2)cc1F. The van der Waals surface area contributed by atoms with Gasteiger partial charge in [-0.3, -0.25) is 9.59 Å². The molecule has 3 aromatic rings. The van der Waals surface area contributed by atoms with Crippen molar-refractivity contribution in [1.29, 1.82) is 0 Å². The van der Waals surface area contributed by atoms with Gasteiger partial charge in [0.1, 0.15) is 5.82 Å². The molecule has 1 aromatic heterocycles. The van der Waals surface area contributed by atoms with Gasteiger partial charge in [-0.25, -0.2) is 4.39 Å². The van der Waals surface area contributed by atoms with Gasteiger partial charge in [-0.15, -0.1) is 0 Å². The van der Waals surface area contributed by atoms with E-state index in [2.05, 4.69) is 4.98 Å². The largest absolute Gasteiger partial charge is 0.313 e. The molecular weight excluding hydrogens is 417 g/mol. The predicted molar refractivity (Wildman–Crippen MR) is 117 cm³/mol. The van der Waals surface area contributed by atoms with Crippen molar-refractivity contribution in [1.82, 2.24) is 4.98 Å². The van der Waals surface area contributed by atoms with Crippen LogP contribution >= 0.6 is 0 Å². The molecule has 0 unspecified atom stereocenters. The Morgan fingerprint density at radius 2 is 1.66 bits per heavy atom. The van der Waals surface area contributed by atoms with Crippen molar-refractivity contribution in [2.45, 2.75) is 33.1 Å². The highest BCUT2D eigenvalue weighted by molar-refractivity contribution is 5.98. The number of Topliss-reactive ketones (excluding diaryl/α,β-unsaturated/α-hetero) is 1. The first-order valence-corrected chi connectivity index (χ1v) is 10.2. The maximum atomic E-state index is 14.6. The summed E-state index contributed by atoms with van der Waals surface area (Å²) in [6.07, 6.45) is 0.429. The molecule has 0 spiro atoms. The molecule has 0 saturated heterocycles. The van der Waals surface area contributed by atoms with Crippen LogP contribution in [-0.4, -0.2) is 23.7 Å². The molecule has 0 aliphatic rings. The fourth-order valence-electron chi connectivity index (χ4n) is 3.50. The molecule has 0 radical (unpaired) electrons. The predicted octanol–water partition coefficient (Wildman–Crippen LogP) is 5.66. The lowest BCUT2D eigenvalue weighted by Gasteiger charge is -2.18. The number of anilines is 1.